The third kappa shape index (κ3) is 2.75. The fraction of sp³-hybridized carbons (Fsp3) is 0.316. The van der Waals surface area contributed by atoms with Gasteiger partial charge in [0.05, 0.1) is 6.54 Å². The fourth-order valence-electron chi connectivity index (χ4n) is 3.40. The number of hydrogen-bond acceptors (Lipinski definition) is 2. The number of halogens is 1. The van der Waals surface area contributed by atoms with E-state index in [1.54, 1.807) is 12.3 Å². The van der Waals surface area contributed by atoms with Crippen LogP contribution in [0, 0.1) is 5.82 Å². The first-order valence-corrected chi connectivity index (χ1v) is 8.08. The van der Waals surface area contributed by atoms with E-state index < -0.39 is 0 Å². The molecule has 118 valence electrons. The molecule has 0 saturated carbocycles. The van der Waals surface area contributed by atoms with Crippen molar-refractivity contribution in [2.45, 2.75) is 25.3 Å². The van der Waals surface area contributed by atoms with Crippen molar-refractivity contribution in [1.29, 1.82) is 0 Å². The summed E-state index contributed by atoms with van der Waals surface area (Å²) in [5, 5.41) is 1.12. The van der Waals surface area contributed by atoms with Gasteiger partial charge in [0, 0.05) is 42.0 Å². The number of rotatable bonds is 3. The number of nitrogens with zero attached hydrogens (tertiary/aromatic N) is 2. The van der Waals surface area contributed by atoms with E-state index in [-0.39, 0.29) is 5.82 Å². The van der Waals surface area contributed by atoms with Gasteiger partial charge in [-0.15, -0.1) is 0 Å². The van der Waals surface area contributed by atoms with E-state index in [0.717, 1.165) is 37.1 Å². The van der Waals surface area contributed by atoms with Crippen LogP contribution in [0.1, 0.15) is 30.0 Å². The molecule has 0 amide bonds. The van der Waals surface area contributed by atoms with Crippen LogP contribution in [0.5, 0.6) is 0 Å². The van der Waals surface area contributed by atoms with Gasteiger partial charge in [-0.2, -0.15) is 0 Å². The first-order chi connectivity index (χ1) is 11.3. The Kier molecular flexibility index (Phi) is 3.83. The standard InChI is InChI=1S/C19H19FN2O/c20-17-6-2-1-4-16(17)13-22-18(14-7-10-23-11-8-14)12-15-5-3-9-21-19(15)22/h1-6,9,12,14H,7-8,10-11,13H2. The Balaban J connectivity index is 1.81. The molecule has 0 bridgehead atoms. The molecule has 0 aliphatic carbocycles. The van der Waals surface area contributed by atoms with Crippen LogP contribution in [0.25, 0.3) is 11.0 Å². The molecule has 1 aliphatic rings. The van der Waals surface area contributed by atoms with Gasteiger partial charge in [0.15, 0.2) is 0 Å². The maximum Gasteiger partial charge on any atom is 0.140 e. The maximum atomic E-state index is 14.1. The van der Waals surface area contributed by atoms with Crippen molar-refractivity contribution in [1.82, 2.24) is 9.55 Å². The topological polar surface area (TPSA) is 27.1 Å². The van der Waals surface area contributed by atoms with Gasteiger partial charge in [0.2, 0.25) is 0 Å². The summed E-state index contributed by atoms with van der Waals surface area (Å²) in [4.78, 5) is 4.53. The fourth-order valence-corrected chi connectivity index (χ4v) is 3.40. The predicted molar refractivity (Wildman–Crippen MR) is 88.0 cm³/mol. The van der Waals surface area contributed by atoms with Crippen molar-refractivity contribution in [3.8, 4) is 0 Å². The zero-order valence-electron chi connectivity index (χ0n) is 12.9. The zero-order valence-corrected chi connectivity index (χ0v) is 12.9. The molecule has 3 heterocycles. The molecular weight excluding hydrogens is 291 g/mol. The summed E-state index contributed by atoms with van der Waals surface area (Å²) in [6.45, 7) is 2.10. The van der Waals surface area contributed by atoms with Crippen molar-refractivity contribution in [3.05, 3.63) is 65.7 Å². The lowest BCUT2D eigenvalue weighted by molar-refractivity contribution is 0.0839. The van der Waals surface area contributed by atoms with E-state index >= 15 is 0 Å². The number of fused-ring (bicyclic) bond motifs is 1. The highest BCUT2D eigenvalue weighted by Gasteiger charge is 2.22. The Hall–Kier alpha value is -2.20. The Morgan fingerprint density at radius 3 is 2.78 bits per heavy atom. The van der Waals surface area contributed by atoms with E-state index in [1.807, 2.05) is 18.2 Å². The molecule has 1 fully saturated rings. The summed E-state index contributed by atoms with van der Waals surface area (Å²) in [7, 11) is 0. The summed E-state index contributed by atoms with van der Waals surface area (Å²) in [6.07, 6.45) is 3.81. The van der Waals surface area contributed by atoms with Crippen molar-refractivity contribution >= 4 is 11.0 Å². The third-order valence-electron chi connectivity index (χ3n) is 4.61. The average Bonchev–Trinajstić information content (AvgIpc) is 2.96. The van der Waals surface area contributed by atoms with Crippen molar-refractivity contribution in [3.63, 3.8) is 0 Å². The van der Waals surface area contributed by atoms with Gasteiger partial charge in [-0.1, -0.05) is 18.2 Å². The van der Waals surface area contributed by atoms with Crippen LogP contribution in [0.3, 0.4) is 0 Å². The molecule has 0 spiro atoms. The first kappa shape index (κ1) is 14.4. The monoisotopic (exact) mass is 310 g/mol. The van der Waals surface area contributed by atoms with Crippen LogP contribution < -0.4 is 0 Å². The maximum absolute atomic E-state index is 14.1. The summed E-state index contributed by atoms with van der Waals surface area (Å²) in [5.74, 6) is 0.285. The van der Waals surface area contributed by atoms with Crippen LogP contribution in [0.15, 0.2) is 48.7 Å². The van der Waals surface area contributed by atoms with Gasteiger partial charge in [0.1, 0.15) is 11.5 Å². The third-order valence-corrected chi connectivity index (χ3v) is 4.61. The lowest BCUT2D eigenvalue weighted by Gasteiger charge is -2.24. The van der Waals surface area contributed by atoms with E-state index in [2.05, 4.69) is 21.7 Å². The van der Waals surface area contributed by atoms with Crippen molar-refractivity contribution < 1.29 is 9.13 Å². The summed E-state index contributed by atoms with van der Waals surface area (Å²) >= 11 is 0. The van der Waals surface area contributed by atoms with Crippen molar-refractivity contribution in [2.24, 2.45) is 0 Å². The van der Waals surface area contributed by atoms with Crippen LogP contribution in [0.4, 0.5) is 4.39 Å². The van der Waals surface area contributed by atoms with Crippen LogP contribution in [-0.2, 0) is 11.3 Å². The number of benzene rings is 1. The molecule has 2 aromatic heterocycles. The van der Waals surface area contributed by atoms with Crippen LogP contribution in [-0.4, -0.2) is 22.8 Å². The van der Waals surface area contributed by atoms with E-state index in [9.17, 15) is 4.39 Å². The van der Waals surface area contributed by atoms with Crippen LogP contribution in [0.2, 0.25) is 0 Å². The molecule has 0 unspecified atom stereocenters. The number of hydrogen-bond donors (Lipinski definition) is 0. The molecule has 3 aromatic rings. The molecule has 1 saturated heterocycles. The highest BCUT2D eigenvalue weighted by Crippen LogP contribution is 2.32. The first-order valence-electron chi connectivity index (χ1n) is 8.08. The summed E-state index contributed by atoms with van der Waals surface area (Å²) in [6, 6.07) is 13.2. The highest BCUT2D eigenvalue weighted by atomic mass is 19.1. The van der Waals surface area contributed by atoms with Gasteiger partial charge >= 0.3 is 0 Å². The molecule has 0 radical (unpaired) electrons. The second kappa shape index (κ2) is 6.13. The van der Waals surface area contributed by atoms with Gasteiger partial charge in [-0.05, 0) is 37.1 Å². The molecule has 0 N–H and O–H groups in total. The smallest absolute Gasteiger partial charge is 0.140 e. The molecule has 1 aromatic carbocycles. The quantitative estimate of drug-likeness (QED) is 0.727. The Labute approximate surface area is 134 Å². The largest absolute Gasteiger partial charge is 0.381 e. The molecule has 3 nitrogen and oxygen atoms in total. The molecule has 0 atom stereocenters. The minimum absolute atomic E-state index is 0.164. The molecule has 1 aliphatic heterocycles. The minimum atomic E-state index is -0.164. The summed E-state index contributed by atoms with van der Waals surface area (Å²) in [5.41, 5.74) is 2.87. The highest BCUT2D eigenvalue weighted by molar-refractivity contribution is 5.77. The second-order valence-corrected chi connectivity index (χ2v) is 6.05. The van der Waals surface area contributed by atoms with Gasteiger partial charge in [0.25, 0.3) is 0 Å². The normalized spacial score (nSPS) is 16.0. The molecule has 23 heavy (non-hydrogen) atoms. The summed E-state index contributed by atoms with van der Waals surface area (Å²) < 4.78 is 21.8. The predicted octanol–water partition coefficient (Wildman–Crippen LogP) is 4.12. The van der Waals surface area contributed by atoms with Crippen LogP contribution >= 0.6 is 0 Å². The zero-order chi connectivity index (χ0) is 15.6. The Bertz CT molecular complexity index is 821. The molecule has 4 rings (SSSR count). The Morgan fingerprint density at radius 2 is 1.96 bits per heavy atom. The lowest BCUT2D eigenvalue weighted by atomic mass is 9.96. The van der Waals surface area contributed by atoms with Gasteiger partial charge < -0.3 is 9.30 Å². The minimum Gasteiger partial charge on any atom is -0.381 e. The molecule has 4 heteroatoms. The Morgan fingerprint density at radius 1 is 1.13 bits per heavy atom. The lowest BCUT2D eigenvalue weighted by Crippen LogP contribution is -2.18. The van der Waals surface area contributed by atoms with Crippen molar-refractivity contribution in [2.75, 3.05) is 13.2 Å². The number of pyridine rings is 1. The average molecular weight is 310 g/mol. The van der Waals surface area contributed by atoms with E-state index in [1.165, 1.54) is 11.8 Å². The number of ether oxygens (including phenoxy) is 1. The van der Waals surface area contributed by atoms with E-state index in [4.69, 9.17) is 4.74 Å². The van der Waals surface area contributed by atoms with Gasteiger partial charge in [-0.25, -0.2) is 9.37 Å². The van der Waals surface area contributed by atoms with E-state index in [0.29, 0.717) is 18.0 Å². The number of aromatic nitrogens is 2. The van der Waals surface area contributed by atoms with Gasteiger partial charge in [-0.3, -0.25) is 0 Å². The SMILES string of the molecule is Fc1ccccc1Cn1c(C2CCOCC2)cc2cccnc21. The second-order valence-electron chi connectivity index (χ2n) is 6.05. The molecular formula is C19H19FN2O.